The van der Waals surface area contributed by atoms with E-state index in [9.17, 15) is 4.79 Å². The Kier molecular flexibility index (Phi) is 5.40. The highest BCUT2D eigenvalue weighted by Gasteiger charge is 2.28. The number of carbonyl (C=O) groups is 1. The quantitative estimate of drug-likeness (QED) is 0.449. The molecule has 0 atom stereocenters. The van der Waals surface area contributed by atoms with E-state index in [0.717, 1.165) is 39.8 Å². The standard InChI is InChI=1S/C22H23BrN8O/c23-19-20(14-6-8-29(9-7-14)18(32)10-24)28-22-17(12-27-31(22)21(19)25)15-11-26-30(13-15)16-4-2-1-3-5-16/h1-5,11-14H,6-10,24-25H2. The highest BCUT2D eigenvalue weighted by molar-refractivity contribution is 9.10. The summed E-state index contributed by atoms with van der Waals surface area (Å²) in [6.45, 7) is 1.37. The molecular weight excluding hydrogens is 472 g/mol. The molecule has 1 amide bonds. The summed E-state index contributed by atoms with van der Waals surface area (Å²) in [5, 5.41) is 8.96. The van der Waals surface area contributed by atoms with Crippen molar-refractivity contribution in [2.75, 3.05) is 25.4 Å². The van der Waals surface area contributed by atoms with Gasteiger partial charge in [0.2, 0.25) is 5.91 Å². The Labute approximate surface area is 193 Å². The Hall–Kier alpha value is -3.24. The first-order chi connectivity index (χ1) is 15.6. The van der Waals surface area contributed by atoms with Crippen molar-refractivity contribution in [2.24, 2.45) is 5.73 Å². The molecule has 9 nitrogen and oxygen atoms in total. The Morgan fingerprint density at radius 2 is 1.88 bits per heavy atom. The maximum Gasteiger partial charge on any atom is 0.236 e. The van der Waals surface area contributed by atoms with Gasteiger partial charge in [-0.1, -0.05) is 18.2 Å². The van der Waals surface area contributed by atoms with Gasteiger partial charge in [0.1, 0.15) is 5.82 Å². The summed E-state index contributed by atoms with van der Waals surface area (Å²) in [5.41, 5.74) is 16.3. The van der Waals surface area contributed by atoms with Crippen molar-refractivity contribution in [3.8, 4) is 16.8 Å². The van der Waals surface area contributed by atoms with Crippen molar-refractivity contribution < 1.29 is 4.79 Å². The molecule has 32 heavy (non-hydrogen) atoms. The Balaban J connectivity index is 1.50. The van der Waals surface area contributed by atoms with Gasteiger partial charge in [0.05, 0.1) is 34.8 Å². The van der Waals surface area contributed by atoms with Crippen LogP contribution in [-0.2, 0) is 4.79 Å². The van der Waals surface area contributed by atoms with Gasteiger partial charge in [-0.2, -0.15) is 14.7 Å². The van der Waals surface area contributed by atoms with Crippen LogP contribution in [0.4, 0.5) is 5.82 Å². The number of benzene rings is 1. The summed E-state index contributed by atoms with van der Waals surface area (Å²) in [6, 6.07) is 9.93. The van der Waals surface area contributed by atoms with Gasteiger partial charge in [0, 0.05) is 36.3 Å². The van der Waals surface area contributed by atoms with Gasteiger partial charge in [-0.05, 0) is 40.9 Å². The first-order valence-corrected chi connectivity index (χ1v) is 11.3. The third-order valence-electron chi connectivity index (χ3n) is 5.97. The van der Waals surface area contributed by atoms with Crippen LogP contribution in [0.3, 0.4) is 0 Å². The lowest BCUT2D eigenvalue weighted by Crippen LogP contribution is -2.41. The van der Waals surface area contributed by atoms with E-state index in [0.29, 0.717) is 24.6 Å². The van der Waals surface area contributed by atoms with E-state index >= 15 is 0 Å². The Morgan fingerprint density at radius 1 is 1.12 bits per heavy atom. The first kappa shape index (κ1) is 20.7. The minimum Gasteiger partial charge on any atom is -0.383 e. The van der Waals surface area contributed by atoms with Crippen LogP contribution < -0.4 is 11.5 Å². The van der Waals surface area contributed by atoms with Crippen LogP contribution in [-0.4, -0.2) is 54.8 Å². The van der Waals surface area contributed by atoms with Gasteiger partial charge in [-0.15, -0.1) is 0 Å². The number of nitrogens with two attached hydrogens (primary N) is 2. The van der Waals surface area contributed by atoms with Crippen molar-refractivity contribution in [3.05, 3.63) is 59.1 Å². The van der Waals surface area contributed by atoms with Gasteiger partial charge in [0.25, 0.3) is 0 Å². The van der Waals surface area contributed by atoms with Gasteiger partial charge in [0.15, 0.2) is 5.65 Å². The third kappa shape index (κ3) is 3.55. The number of nitrogens with zero attached hydrogens (tertiary/aromatic N) is 6. The number of aromatic nitrogens is 5. The zero-order valence-electron chi connectivity index (χ0n) is 17.4. The highest BCUT2D eigenvalue weighted by Crippen LogP contribution is 2.37. The summed E-state index contributed by atoms with van der Waals surface area (Å²) >= 11 is 3.63. The van der Waals surface area contributed by atoms with Crippen molar-refractivity contribution in [1.29, 1.82) is 0 Å². The lowest BCUT2D eigenvalue weighted by molar-refractivity contribution is -0.130. The number of likely N-dealkylation sites (tertiary alicyclic amines) is 1. The fraction of sp³-hybridized carbons (Fsp3) is 0.273. The average molecular weight is 495 g/mol. The van der Waals surface area contributed by atoms with E-state index in [4.69, 9.17) is 16.5 Å². The summed E-state index contributed by atoms with van der Waals surface area (Å²) < 4.78 is 4.23. The molecule has 3 aromatic heterocycles. The van der Waals surface area contributed by atoms with E-state index in [2.05, 4.69) is 26.1 Å². The van der Waals surface area contributed by atoms with Crippen LogP contribution in [0.2, 0.25) is 0 Å². The molecule has 0 radical (unpaired) electrons. The molecule has 10 heteroatoms. The van der Waals surface area contributed by atoms with Crippen molar-refractivity contribution in [1.82, 2.24) is 29.3 Å². The molecule has 4 heterocycles. The second-order valence-corrected chi connectivity index (χ2v) is 8.65. The molecule has 0 spiro atoms. The summed E-state index contributed by atoms with van der Waals surface area (Å²) in [6.07, 6.45) is 7.15. The molecule has 5 rings (SSSR count). The molecule has 1 saturated heterocycles. The number of amides is 1. The highest BCUT2D eigenvalue weighted by atomic mass is 79.9. The minimum atomic E-state index is -0.0149. The fourth-order valence-corrected chi connectivity index (χ4v) is 4.78. The van der Waals surface area contributed by atoms with Crippen LogP contribution in [0.5, 0.6) is 0 Å². The maximum atomic E-state index is 11.9. The molecule has 0 unspecified atom stereocenters. The maximum absolute atomic E-state index is 11.9. The Morgan fingerprint density at radius 3 is 2.59 bits per heavy atom. The number of halogens is 1. The van der Waals surface area contributed by atoms with Gasteiger partial charge in [-0.3, -0.25) is 4.79 Å². The Bertz CT molecular complexity index is 1270. The lowest BCUT2D eigenvalue weighted by atomic mass is 9.93. The summed E-state index contributed by atoms with van der Waals surface area (Å²) in [4.78, 5) is 18.7. The van der Waals surface area contributed by atoms with E-state index in [1.807, 2.05) is 46.1 Å². The zero-order valence-corrected chi connectivity index (χ0v) is 18.9. The number of hydrogen-bond donors (Lipinski definition) is 2. The van der Waals surface area contributed by atoms with Crippen molar-refractivity contribution in [3.63, 3.8) is 0 Å². The number of para-hydroxylation sites is 1. The molecule has 0 aliphatic carbocycles. The monoisotopic (exact) mass is 494 g/mol. The van der Waals surface area contributed by atoms with Crippen molar-refractivity contribution >= 4 is 33.3 Å². The number of carbonyl (C=O) groups excluding carboxylic acids is 1. The molecule has 1 aliphatic rings. The fourth-order valence-electron chi connectivity index (χ4n) is 4.20. The number of fused-ring (bicyclic) bond motifs is 1. The molecule has 0 bridgehead atoms. The molecule has 0 saturated carbocycles. The number of anilines is 1. The van der Waals surface area contributed by atoms with Crippen molar-refractivity contribution in [2.45, 2.75) is 18.8 Å². The van der Waals surface area contributed by atoms with Crippen LogP contribution in [0.1, 0.15) is 24.5 Å². The molecule has 1 fully saturated rings. The smallest absolute Gasteiger partial charge is 0.236 e. The second kappa shape index (κ2) is 8.36. The molecule has 4 aromatic rings. The number of hydrogen-bond acceptors (Lipinski definition) is 6. The molecule has 164 valence electrons. The van der Waals surface area contributed by atoms with Crippen LogP contribution in [0.15, 0.2) is 53.4 Å². The zero-order chi connectivity index (χ0) is 22.2. The minimum absolute atomic E-state index is 0.0149. The predicted molar refractivity (Wildman–Crippen MR) is 125 cm³/mol. The second-order valence-electron chi connectivity index (χ2n) is 7.86. The van der Waals surface area contributed by atoms with Crippen LogP contribution >= 0.6 is 15.9 Å². The van der Waals surface area contributed by atoms with E-state index in [1.165, 1.54) is 0 Å². The van der Waals surface area contributed by atoms with Crippen LogP contribution in [0, 0.1) is 0 Å². The van der Waals surface area contributed by atoms with Gasteiger partial charge >= 0.3 is 0 Å². The summed E-state index contributed by atoms with van der Waals surface area (Å²) in [5.74, 6) is 0.680. The number of nitrogen functional groups attached to an aromatic ring is 1. The largest absolute Gasteiger partial charge is 0.383 e. The number of rotatable bonds is 4. The topological polar surface area (TPSA) is 120 Å². The third-order valence-corrected chi connectivity index (χ3v) is 6.78. The summed E-state index contributed by atoms with van der Waals surface area (Å²) in [7, 11) is 0. The molecule has 1 aliphatic heterocycles. The normalized spacial score (nSPS) is 14.9. The number of piperidine rings is 1. The first-order valence-electron chi connectivity index (χ1n) is 10.5. The molecule has 4 N–H and O–H groups in total. The van der Waals surface area contributed by atoms with Crippen LogP contribution in [0.25, 0.3) is 22.5 Å². The molecule has 1 aromatic carbocycles. The predicted octanol–water partition coefficient (Wildman–Crippen LogP) is 2.59. The SMILES string of the molecule is NCC(=O)N1CCC(c2nc3c(-c4cnn(-c5ccccc5)c4)cnn3c(N)c2Br)CC1. The van der Waals surface area contributed by atoms with Gasteiger partial charge < -0.3 is 16.4 Å². The van der Waals surface area contributed by atoms with Gasteiger partial charge in [-0.25, -0.2) is 9.67 Å². The van der Waals surface area contributed by atoms with E-state index in [-0.39, 0.29) is 18.4 Å². The molecular formula is C22H23BrN8O. The van der Waals surface area contributed by atoms with E-state index in [1.54, 1.807) is 16.9 Å². The van der Waals surface area contributed by atoms with E-state index < -0.39 is 0 Å². The lowest BCUT2D eigenvalue weighted by Gasteiger charge is -2.32. The average Bonchev–Trinajstić information content (AvgIpc) is 3.49.